The molecule has 0 radical (unpaired) electrons. The molecule has 1 aromatic heterocycles. The van der Waals surface area contributed by atoms with Gasteiger partial charge in [-0.1, -0.05) is 0 Å². The van der Waals surface area contributed by atoms with Crippen LogP contribution in [0, 0.1) is 6.92 Å². The zero-order valence-corrected chi connectivity index (χ0v) is 9.99. The van der Waals surface area contributed by atoms with Gasteiger partial charge in [-0.2, -0.15) is 0 Å². The molecule has 0 aliphatic carbocycles. The molecular formula is C11H19NOS. The highest BCUT2D eigenvalue weighted by atomic mass is 32.1. The van der Waals surface area contributed by atoms with Crippen LogP contribution in [0.25, 0.3) is 0 Å². The first kappa shape index (κ1) is 11.7. The molecule has 3 heteroatoms. The van der Waals surface area contributed by atoms with E-state index in [2.05, 4.69) is 30.6 Å². The highest BCUT2D eigenvalue weighted by Gasteiger charge is 2.03. The minimum Gasteiger partial charge on any atom is -0.385 e. The molecule has 0 aliphatic rings. The molecule has 1 unspecified atom stereocenters. The Morgan fingerprint density at radius 2 is 2.36 bits per heavy atom. The standard InChI is InChI=1S/C11H19NOS/c1-9-5-7-14-11(9)8-12-10(2)4-6-13-3/h5,7,10,12H,4,6,8H2,1-3H3. The fourth-order valence-corrected chi connectivity index (χ4v) is 2.11. The summed E-state index contributed by atoms with van der Waals surface area (Å²) in [5.41, 5.74) is 1.39. The smallest absolute Gasteiger partial charge is 0.0476 e. The summed E-state index contributed by atoms with van der Waals surface area (Å²) in [6.45, 7) is 6.17. The summed E-state index contributed by atoms with van der Waals surface area (Å²) >= 11 is 1.82. The van der Waals surface area contributed by atoms with Crippen LogP contribution in [-0.2, 0) is 11.3 Å². The van der Waals surface area contributed by atoms with Crippen LogP contribution in [0.3, 0.4) is 0 Å². The van der Waals surface area contributed by atoms with Crippen molar-refractivity contribution in [3.05, 3.63) is 21.9 Å². The van der Waals surface area contributed by atoms with Gasteiger partial charge in [0.15, 0.2) is 0 Å². The van der Waals surface area contributed by atoms with Gasteiger partial charge in [0, 0.05) is 31.2 Å². The second-order valence-electron chi connectivity index (χ2n) is 3.59. The Labute approximate surface area is 90.3 Å². The Kier molecular flexibility index (Phi) is 5.15. The van der Waals surface area contributed by atoms with Crippen molar-refractivity contribution in [1.82, 2.24) is 5.32 Å². The number of thiophene rings is 1. The van der Waals surface area contributed by atoms with Crippen molar-refractivity contribution in [3.8, 4) is 0 Å². The van der Waals surface area contributed by atoms with Gasteiger partial charge in [-0.25, -0.2) is 0 Å². The third-order valence-corrected chi connectivity index (χ3v) is 3.36. The van der Waals surface area contributed by atoms with E-state index in [1.807, 2.05) is 11.3 Å². The molecule has 1 N–H and O–H groups in total. The fourth-order valence-electron chi connectivity index (χ4n) is 1.25. The average Bonchev–Trinajstić information content (AvgIpc) is 2.58. The number of rotatable bonds is 6. The van der Waals surface area contributed by atoms with Gasteiger partial charge in [0.1, 0.15) is 0 Å². The molecule has 1 aromatic rings. The quantitative estimate of drug-likeness (QED) is 0.784. The Bertz CT molecular complexity index is 260. The van der Waals surface area contributed by atoms with E-state index in [1.54, 1.807) is 7.11 Å². The molecule has 0 aliphatic heterocycles. The van der Waals surface area contributed by atoms with Gasteiger partial charge in [-0.3, -0.25) is 0 Å². The Balaban J connectivity index is 2.23. The van der Waals surface area contributed by atoms with Crippen molar-refractivity contribution in [2.24, 2.45) is 0 Å². The number of ether oxygens (including phenoxy) is 1. The van der Waals surface area contributed by atoms with Crippen molar-refractivity contribution in [2.75, 3.05) is 13.7 Å². The van der Waals surface area contributed by atoms with E-state index in [4.69, 9.17) is 4.74 Å². The van der Waals surface area contributed by atoms with E-state index < -0.39 is 0 Å². The van der Waals surface area contributed by atoms with E-state index in [9.17, 15) is 0 Å². The summed E-state index contributed by atoms with van der Waals surface area (Å²) in [5.74, 6) is 0. The molecule has 14 heavy (non-hydrogen) atoms. The summed E-state index contributed by atoms with van der Waals surface area (Å²) in [6.07, 6.45) is 1.07. The molecule has 1 rings (SSSR count). The number of hydrogen-bond donors (Lipinski definition) is 1. The summed E-state index contributed by atoms with van der Waals surface area (Å²) in [6, 6.07) is 2.69. The lowest BCUT2D eigenvalue weighted by Crippen LogP contribution is -2.26. The van der Waals surface area contributed by atoms with E-state index in [0.29, 0.717) is 6.04 Å². The van der Waals surface area contributed by atoms with Crippen LogP contribution < -0.4 is 5.32 Å². The topological polar surface area (TPSA) is 21.3 Å². The summed E-state index contributed by atoms with van der Waals surface area (Å²) in [7, 11) is 1.75. The number of aryl methyl sites for hydroxylation is 1. The van der Waals surface area contributed by atoms with Crippen LogP contribution in [0.5, 0.6) is 0 Å². The third-order valence-electron chi connectivity index (χ3n) is 2.33. The van der Waals surface area contributed by atoms with Gasteiger partial charge >= 0.3 is 0 Å². The van der Waals surface area contributed by atoms with Gasteiger partial charge in [-0.15, -0.1) is 11.3 Å². The first-order valence-electron chi connectivity index (χ1n) is 4.99. The van der Waals surface area contributed by atoms with Crippen LogP contribution in [-0.4, -0.2) is 19.8 Å². The highest BCUT2D eigenvalue weighted by Crippen LogP contribution is 2.15. The van der Waals surface area contributed by atoms with Crippen molar-refractivity contribution < 1.29 is 4.74 Å². The molecule has 0 amide bonds. The summed E-state index contributed by atoms with van der Waals surface area (Å²) < 4.78 is 5.04. The molecule has 0 fully saturated rings. The van der Waals surface area contributed by atoms with Crippen LogP contribution in [0.1, 0.15) is 23.8 Å². The monoisotopic (exact) mass is 213 g/mol. The summed E-state index contributed by atoms with van der Waals surface area (Å²) in [4.78, 5) is 1.44. The SMILES string of the molecule is COCCC(C)NCc1sccc1C. The molecule has 0 bridgehead atoms. The van der Waals surface area contributed by atoms with Gasteiger partial charge in [0.05, 0.1) is 0 Å². The third kappa shape index (κ3) is 3.78. The van der Waals surface area contributed by atoms with Crippen LogP contribution in [0.2, 0.25) is 0 Å². The van der Waals surface area contributed by atoms with E-state index in [-0.39, 0.29) is 0 Å². The average molecular weight is 213 g/mol. The Morgan fingerprint density at radius 3 is 2.93 bits per heavy atom. The minimum absolute atomic E-state index is 0.524. The van der Waals surface area contributed by atoms with Gasteiger partial charge in [-0.05, 0) is 37.3 Å². The second-order valence-corrected chi connectivity index (χ2v) is 4.59. The van der Waals surface area contributed by atoms with Crippen LogP contribution in [0.4, 0.5) is 0 Å². The van der Waals surface area contributed by atoms with E-state index in [0.717, 1.165) is 19.6 Å². The lowest BCUT2D eigenvalue weighted by Gasteiger charge is -2.12. The first-order chi connectivity index (χ1) is 6.74. The van der Waals surface area contributed by atoms with Gasteiger partial charge in [0.25, 0.3) is 0 Å². The zero-order chi connectivity index (χ0) is 10.4. The van der Waals surface area contributed by atoms with Crippen molar-refractivity contribution >= 4 is 11.3 Å². The zero-order valence-electron chi connectivity index (χ0n) is 9.17. The van der Waals surface area contributed by atoms with Gasteiger partial charge < -0.3 is 10.1 Å². The lowest BCUT2D eigenvalue weighted by atomic mass is 10.2. The molecular weight excluding hydrogens is 194 g/mol. The normalized spacial score (nSPS) is 13.1. The molecule has 0 spiro atoms. The molecule has 1 atom stereocenters. The van der Waals surface area contributed by atoms with Crippen LogP contribution >= 0.6 is 11.3 Å². The predicted molar refractivity (Wildman–Crippen MR) is 61.9 cm³/mol. The van der Waals surface area contributed by atoms with Crippen molar-refractivity contribution in [1.29, 1.82) is 0 Å². The van der Waals surface area contributed by atoms with Crippen LogP contribution in [0.15, 0.2) is 11.4 Å². The van der Waals surface area contributed by atoms with E-state index >= 15 is 0 Å². The fraction of sp³-hybridized carbons (Fsp3) is 0.636. The van der Waals surface area contributed by atoms with Gasteiger partial charge in [0.2, 0.25) is 0 Å². The molecule has 2 nitrogen and oxygen atoms in total. The maximum Gasteiger partial charge on any atom is 0.0476 e. The maximum absolute atomic E-state index is 5.04. The highest BCUT2D eigenvalue weighted by molar-refractivity contribution is 7.10. The molecule has 0 aromatic carbocycles. The van der Waals surface area contributed by atoms with E-state index in [1.165, 1.54) is 10.4 Å². The number of nitrogens with one attached hydrogen (secondary N) is 1. The second kappa shape index (κ2) is 6.17. The largest absolute Gasteiger partial charge is 0.385 e. The number of methoxy groups -OCH3 is 1. The Morgan fingerprint density at radius 1 is 1.57 bits per heavy atom. The minimum atomic E-state index is 0.524. The lowest BCUT2D eigenvalue weighted by molar-refractivity contribution is 0.184. The number of hydrogen-bond acceptors (Lipinski definition) is 3. The molecule has 80 valence electrons. The molecule has 1 heterocycles. The predicted octanol–water partition coefficient (Wildman–Crippen LogP) is 2.57. The molecule has 0 saturated carbocycles. The molecule has 0 saturated heterocycles. The maximum atomic E-state index is 5.04. The van der Waals surface area contributed by atoms with Crippen molar-refractivity contribution in [3.63, 3.8) is 0 Å². The Hall–Kier alpha value is -0.380. The van der Waals surface area contributed by atoms with Crippen molar-refractivity contribution in [2.45, 2.75) is 32.9 Å². The first-order valence-corrected chi connectivity index (χ1v) is 5.87. The summed E-state index contributed by atoms with van der Waals surface area (Å²) in [5, 5.41) is 5.64.